The normalized spacial score (nSPS) is 23.0. The summed E-state index contributed by atoms with van der Waals surface area (Å²) in [7, 11) is 0. The van der Waals surface area contributed by atoms with Crippen molar-refractivity contribution in [3.63, 3.8) is 0 Å². The molecule has 3 N–H and O–H groups in total. The average molecular weight is 332 g/mol. The topological polar surface area (TPSA) is 78.4 Å². The van der Waals surface area contributed by atoms with Gasteiger partial charge in [-0.3, -0.25) is 4.79 Å². The van der Waals surface area contributed by atoms with Crippen LogP contribution < -0.4 is 10.6 Å². The number of aliphatic carboxylic acids is 1. The van der Waals surface area contributed by atoms with E-state index in [1.165, 1.54) is 12.8 Å². The molecule has 1 saturated carbocycles. The zero-order chi connectivity index (χ0) is 16.9. The third-order valence-corrected chi connectivity index (χ3v) is 4.88. The fourth-order valence-electron chi connectivity index (χ4n) is 3.52. The molecule has 0 aromatic carbocycles. The predicted molar refractivity (Wildman–Crippen MR) is 81.4 cm³/mol. The molecular weight excluding hydrogens is 306 g/mol. The van der Waals surface area contributed by atoms with E-state index in [1.54, 1.807) is 0 Å². The zero-order valence-electron chi connectivity index (χ0n) is 13.4. The Labute approximate surface area is 135 Å². The smallest absolute Gasteiger partial charge is 0.329 e. The standard InChI is InChI=1S/C16H26F2N2O3/c17-16(18)10-15(11-16,14(22)23)20-13(21)5-3-1-2-4-12-6-8-19-9-7-12/h12,19H,1-11H2,(H,20,21)(H,22,23). The lowest BCUT2D eigenvalue weighted by Gasteiger charge is -2.44. The fourth-order valence-corrected chi connectivity index (χ4v) is 3.52. The Morgan fingerprint density at radius 3 is 2.35 bits per heavy atom. The molecule has 2 aliphatic rings. The molecule has 2 rings (SSSR count). The minimum Gasteiger partial charge on any atom is -0.479 e. The van der Waals surface area contributed by atoms with Crippen LogP contribution in [0.4, 0.5) is 8.78 Å². The molecule has 0 unspecified atom stereocenters. The van der Waals surface area contributed by atoms with Gasteiger partial charge in [-0.2, -0.15) is 0 Å². The summed E-state index contributed by atoms with van der Waals surface area (Å²) in [5.74, 6) is -4.04. The first-order valence-electron chi connectivity index (χ1n) is 8.46. The van der Waals surface area contributed by atoms with Crippen molar-refractivity contribution in [1.82, 2.24) is 10.6 Å². The Bertz CT molecular complexity index is 429. The van der Waals surface area contributed by atoms with Crippen LogP contribution in [-0.4, -0.2) is 41.5 Å². The van der Waals surface area contributed by atoms with E-state index >= 15 is 0 Å². The summed E-state index contributed by atoms with van der Waals surface area (Å²) in [6.07, 6.45) is 4.79. The van der Waals surface area contributed by atoms with Gasteiger partial charge in [0, 0.05) is 19.3 Å². The van der Waals surface area contributed by atoms with Crippen LogP contribution in [0.5, 0.6) is 0 Å². The van der Waals surface area contributed by atoms with Crippen LogP contribution in [0, 0.1) is 5.92 Å². The molecule has 1 heterocycles. The third kappa shape index (κ3) is 5.12. The highest BCUT2D eigenvalue weighted by Crippen LogP contribution is 2.45. The average Bonchev–Trinajstić information content (AvgIpc) is 2.45. The van der Waals surface area contributed by atoms with Crippen LogP contribution in [-0.2, 0) is 9.59 Å². The zero-order valence-corrected chi connectivity index (χ0v) is 13.4. The van der Waals surface area contributed by atoms with Crippen LogP contribution in [0.25, 0.3) is 0 Å². The van der Waals surface area contributed by atoms with Gasteiger partial charge in [0.25, 0.3) is 5.92 Å². The molecule has 23 heavy (non-hydrogen) atoms. The first-order chi connectivity index (χ1) is 10.8. The molecule has 0 bridgehead atoms. The Hall–Kier alpha value is -1.24. The second-order valence-electron chi connectivity index (χ2n) is 6.94. The number of hydrogen-bond donors (Lipinski definition) is 3. The Morgan fingerprint density at radius 2 is 1.78 bits per heavy atom. The molecular formula is C16H26F2N2O3. The van der Waals surface area contributed by atoms with Crippen LogP contribution in [0.1, 0.15) is 57.8 Å². The molecule has 0 spiro atoms. The van der Waals surface area contributed by atoms with Gasteiger partial charge in [0.2, 0.25) is 5.91 Å². The van der Waals surface area contributed by atoms with E-state index in [0.717, 1.165) is 38.3 Å². The summed E-state index contributed by atoms with van der Waals surface area (Å²) in [6.45, 7) is 2.16. The largest absolute Gasteiger partial charge is 0.479 e. The van der Waals surface area contributed by atoms with E-state index < -0.39 is 36.2 Å². The minimum atomic E-state index is -2.99. The molecule has 0 radical (unpaired) electrons. The van der Waals surface area contributed by atoms with Gasteiger partial charge < -0.3 is 15.7 Å². The highest BCUT2D eigenvalue weighted by molar-refractivity contribution is 5.88. The summed E-state index contributed by atoms with van der Waals surface area (Å²) in [5, 5.41) is 14.7. The maximum Gasteiger partial charge on any atom is 0.329 e. The van der Waals surface area contributed by atoms with E-state index in [2.05, 4.69) is 10.6 Å². The Morgan fingerprint density at radius 1 is 1.13 bits per heavy atom. The molecule has 1 aliphatic heterocycles. The molecule has 2 fully saturated rings. The number of piperidine rings is 1. The van der Waals surface area contributed by atoms with E-state index in [0.29, 0.717) is 6.42 Å². The number of carboxylic acid groups (broad SMARTS) is 1. The number of hydrogen-bond acceptors (Lipinski definition) is 3. The molecule has 7 heteroatoms. The number of carbonyl (C=O) groups is 2. The summed E-state index contributed by atoms with van der Waals surface area (Å²) >= 11 is 0. The first-order valence-corrected chi connectivity index (χ1v) is 8.46. The van der Waals surface area contributed by atoms with Gasteiger partial charge in [-0.05, 0) is 38.3 Å². The minimum absolute atomic E-state index is 0.201. The quantitative estimate of drug-likeness (QED) is 0.596. The maximum absolute atomic E-state index is 13.0. The van der Waals surface area contributed by atoms with Crippen LogP contribution in [0.3, 0.4) is 0 Å². The molecule has 0 atom stereocenters. The fraction of sp³-hybridized carbons (Fsp3) is 0.875. The van der Waals surface area contributed by atoms with Crippen molar-refractivity contribution in [2.45, 2.75) is 69.2 Å². The Kier molecular flexibility index (Phi) is 5.95. The molecule has 0 aromatic rings. The van der Waals surface area contributed by atoms with Gasteiger partial charge in [0.1, 0.15) is 5.54 Å². The van der Waals surface area contributed by atoms with Crippen LogP contribution >= 0.6 is 0 Å². The molecule has 0 aromatic heterocycles. The lowest BCUT2D eigenvalue weighted by atomic mass is 9.73. The SMILES string of the molecule is O=C(CCCCCC1CCNCC1)NC1(C(=O)O)CC(F)(F)C1. The van der Waals surface area contributed by atoms with Crippen molar-refractivity contribution in [2.24, 2.45) is 5.92 Å². The van der Waals surface area contributed by atoms with Gasteiger partial charge in [-0.15, -0.1) is 0 Å². The number of nitrogens with one attached hydrogen (secondary N) is 2. The van der Waals surface area contributed by atoms with Crippen molar-refractivity contribution < 1.29 is 23.5 Å². The first kappa shape index (κ1) is 18.1. The van der Waals surface area contributed by atoms with Crippen LogP contribution in [0.15, 0.2) is 0 Å². The van der Waals surface area contributed by atoms with Crippen molar-refractivity contribution in [1.29, 1.82) is 0 Å². The van der Waals surface area contributed by atoms with Gasteiger partial charge >= 0.3 is 5.97 Å². The van der Waals surface area contributed by atoms with E-state index in [1.807, 2.05) is 0 Å². The van der Waals surface area contributed by atoms with Crippen molar-refractivity contribution in [3.05, 3.63) is 0 Å². The lowest BCUT2D eigenvalue weighted by molar-refractivity contribution is -0.179. The molecule has 1 aliphatic carbocycles. The van der Waals surface area contributed by atoms with Crippen molar-refractivity contribution in [2.75, 3.05) is 13.1 Å². The number of carboxylic acids is 1. The molecule has 132 valence electrons. The summed E-state index contributed by atoms with van der Waals surface area (Å²) < 4.78 is 25.9. The highest BCUT2D eigenvalue weighted by atomic mass is 19.3. The second kappa shape index (κ2) is 7.55. The van der Waals surface area contributed by atoms with Crippen LogP contribution in [0.2, 0.25) is 0 Å². The van der Waals surface area contributed by atoms with E-state index in [-0.39, 0.29) is 6.42 Å². The third-order valence-electron chi connectivity index (χ3n) is 4.88. The van der Waals surface area contributed by atoms with Gasteiger partial charge in [0.15, 0.2) is 0 Å². The van der Waals surface area contributed by atoms with Crippen molar-refractivity contribution in [3.8, 4) is 0 Å². The summed E-state index contributed by atoms with van der Waals surface area (Å²) in [4.78, 5) is 22.9. The van der Waals surface area contributed by atoms with Gasteiger partial charge in [-0.1, -0.05) is 19.3 Å². The number of rotatable bonds is 8. The van der Waals surface area contributed by atoms with Gasteiger partial charge in [0.05, 0.1) is 0 Å². The number of carbonyl (C=O) groups excluding carboxylic acids is 1. The van der Waals surface area contributed by atoms with Gasteiger partial charge in [-0.25, -0.2) is 13.6 Å². The summed E-state index contributed by atoms with van der Waals surface area (Å²) in [5.41, 5.74) is -1.77. The monoisotopic (exact) mass is 332 g/mol. The summed E-state index contributed by atoms with van der Waals surface area (Å²) in [6, 6.07) is 0. The predicted octanol–water partition coefficient (Wildman–Crippen LogP) is 2.31. The molecule has 1 saturated heterocycles. The number of unbranched alkanes of at least 4 members (excludes halogenated alkanes) is 2. The van der Waals surface area contributed by atoms with Crippen molar-refractivity contribution >= 4 is 11.9 Å². The molecule has 1 amide bonds. The van der Waals surface area contributed by atoms with E-state index in [4.69, 9.17) is 5.11 Å². The number of halogens is 2. The number of alkyl halides is 2. The lowest BCUT2D eigenvalue weighted by Crippen LogP contribution is -2.66. The number of amides is 1. The highest BCUT2D eigenvalue weighted by Gasteiger charge is 2.62. The maximum atomic E-state index is 13.0. The Balaban J connectivity index is 1.60. The second-order valence-corrected chi connectivity index (χ2v) is 6.94. The molecule has 5 nitrogen and oxygen atoms in total. The van der Waals surface area contributed by atoms with E-state index in [9.17, 15) is 18.4 Å².